The van der Waals surface area contributed by atoms with Crippen LogP contribution in [0, 0.1) is 5.41 Å². The van der Waals surface area contributed by atoms with E-state index in [2.05, 4.69) is 6.58 Å². The highest BCUT2D eigenvalue weighted by Gasteiger charge is 2.49. The Morgan fingerprint density at radius 1 is 1.35 bits per heavy atom. The van der Waals surface area contributed by atoms with Crippen molar-refractivity contribution in [1.82, 2.24) is 4.90 Å². The van der Waals surface area contributed by atoms with E-state index in [9.17, 15) is 4.79 Å². The molecule has 1 aliphatic heterocycles. The first-order valence-electron chi connectivity index (χ1n) is 7.43. The summed E-state index contributed by atoms with van der Waals surface area (Å²) in [6.45, 7) is 10.3. The monoisotopic (exact) mass is 281 g/mol. The minimum atomic E-state index is -0.449. The van der Waals surface area contributed by atoms with E-state index in [4.69, 9.17) is 9.47 Å². The third kappa shape index (κ3) is 3.17. The van der Waals surface area contributed by atoms with Gasteiger partial charge in [-0.3, -0.25) is 0 Å². The van der Waals surface area contributed by atoms with E-state index in [0.29, 0.717) is 11.5 Å². The molecule has 0 aromatic heterocycles. The fourth-order valence-corrected chi connectivity index (χ4v) is 3.38. The molecular weight excluding hydrogens is 254 g/mol. The van der Waals surface area contributed by atoms with Gasteiger partial charge in [-0.1, -0.05) is 6.08 Å². The van der Waals surface area contributed by atoms with Crippen molar-refractivity contribution < 1.29 is 14.3 Å². The molecule has 0 N–H and O–H groups in total. The van der Waals surface area contributed by atoms with Gasteiger partial charge in [0.25, 0.3) is 0 Å². The van der Waals surface area contributed by atoms with E-state index in [1.807, 2.05) is 31.7 Å². The predicted molar refractivity (Wildman–Crippen MR) is 78.6 cm³/mol. The Kier molecular flexibility index (Phi) is 4.14. The molecule has 2 fully saturated rings. The van der Waals surface area contributed by atoms with Crippen molar-refractivity contribution in [3.8, 4) is 0 Å². The molecule has 1 spiro atoms. The molecular formula is C16H27NO3. The lowest BCUT2D eigenvalue weighted by atomic mass is 9.60. The number of nitrogens with zero attached hydrogens (tertiary/aromatic N) is 1. The molecule has 0 aromatic carbocycles. The number of hydrogen-bond donors (Lipinski definition) is 0. The van der Waals surface area contributed by atoms with E-state index in [1.165, 1.54) is 0 Å². The van der Waals surface area contributed by atoms with Crippen LogP contribution < -0.4 is 0 Å². The lowest BCUT2D eigenvalue weighted by Crippen LogP contribution is -2.55. The maximum absolute atomic E-state index is 12.3. The van der Waals surface area contributed by atoms with Gasteiger partial charge in [0.2, 0.25) is 0 Å². The van der Waals surface area contributed by atoms with Crippen LogP contribution in [0.25, 0.3) is 0 Å². The first-order valence-corrected chi connectivity index (χ1v) is 7.43. The summed E-state index contributed by atoms with van der Waals surface area (Å²) in [7, 11) is 1.78. The maximum Gasteiger partial charge on any atom is 0.410 e. The molecule has 1 saturated carbocycles. The van der Waals surface area contributed by atoms with Crippen molar-refractivity contribution in [2.24, 2.45) is 5.41 Å². The Hall–Kier alpha value is -1.03. The number of ether oxygens (including phenoxy) is 2. The molecule has 20 heavy (non-hydrogen) atoms. The van der Waals surface area contributed by atoms with E-state index >= 15 is 0 Å². The molecule has 1 unspecified atom stereocenters. The molecule has 1 amide bonds. The quantitative estimate of drug-likeness (QED) is 0.728. The number of piperidine rings is 1. The summed E-state index contributed by atoms with van der Waals surface area (Å²) in [5, 5.41) is 0. The van der Waals surface area contributed by atoms with Gasteiger partial charge in [0, 0.05) is 13.7 Å². The van der Waals surface area contributed by atoms with Gasteiger partial charge in [-0.25, -0.2) is 4.79 Å². The van der Waals surface area contributed by atoms with Crippen LogP contribution in [0.5, 0.6) is 0 Å². The second kappa shape index (κ2) is 5.40. The molecule has 2 rings (SSSR count). The number of amides is 1. The summed E-state index contributed by atoms with van der Waals surface area (Å²) in [4.78, 5) is 14.1. The van der Waals surface area contributed by atoms with Crippen molar-refractivity contribution in [2.75, 3.05) is 13.7 Å². The highest BCUT2D eigenvalue weighted by atomic mass is 16.6. The van der Waals surface area contributed by atoms with Gasteiger partial charge in [-0.05, 0) is 51.9 Å². The molecule has 2 aliphatic rings. The van der Waals surface area contributed by atoms with Crippen LogP contribution in [0.3, 0.4) is 0 Å². The highest BCUT2D eigenvalue weighted by Crippen LogP contribution is 2.51. The zero-order chi connectivity index (χ0) is 15.0. The average molecular weight is 281 g/mol. The van der Waals surface area contributed by atoms with Gasteiger partial charge < -0.3 is 14.4 Å². The lowest BCUT2D eigenvalue weighted by molar-refractivity contribution is -0.0957. The van der Waals surface area contributed by atoms with Gasteiger partial charge in [0.1, 0.15) is 5.60 Å². The minimum Gasteiger partial charge on any atom is -0.444 e. The van der Waals surface area contributed by atoms with Crippen molar-refractivity contribution in [1.29, 1.82) is 0 Å². The van der Waals surface area contributed by atoms with Crippen molar-refractivity contribution >= 4 is 6.09 Å². The summed E-state index contributed by atoms with van der Waals surface area (Å²) in [5.41, 5.74) is -0.104. The number of carbonyl (C=O) groups is 1. The molecule has 4 nitrogen and oxygen atoms in total. The fourth-order valence-electron chi connectivity index (χ4n) is 3.38. The Morgan fingerprint density at radius 3 is 2.50 bits per heavy atom. The lowest BCUT2D eigenvalue weighted by Gasteiger charge is -2.53. The van der Waals surface area contributed by atoms with Crippen molar-refractivity contribution in [3.63, 3.8) is 0 Å². The van der Waals surface area contributed by atoms with E-state index in [1.54, 1.807) is 7.11 Å². The maximum atomic E-state index is 12.3. The number of rotatable bonds is 2. The summed E-state index contributed by atoms with van der Waals surface area (Å²) in [6.07, 6.45) is 6.29. The first kappa shape index (κ1) is 15.4. The summed E-state index contributed by atoms with van der Waals surface area (Å²) in [5.74, 6) is 0. The molecule has 4 heteroatoms. The third-order valence-electron chi connectivity index (χ3n) is 4.48. The highest BCUT2D eigenvalue weighted by molar-refractivity contribution is 5.69. The van der Waals surface area contributed by atoms with Crippen LogP contribution in [0.1, 0.15) is 46.5 Å². The minimum absolute atomic E-state index is 0.0800. The SMILES string of the molecule is C=CC1CC2(CCN1C(=O)OC(C)(C)C)CC(OC)C2. The van der Waals surface area contributed by atoms with Crippen LogP contribution in [-0.4, -0.2) is 42.4 Å². The van der Waals surface area contributed by atoms with Crippen LogP contribution in [0.2, 0.25) is 0 Å². The van der Waals surface area contributed by atoms with E-state index < -0.39 is 5.60 Å². The zero-order valence-electron chi connectivity index (χ0n) is 13.1. The number of likely N-dealkylation sites (tertiary alicyclic amines) is 1. The topological polar surface area (TPSA) is 38.8 Å². The van der Waals surface area contributed by atoms with E-state index in [-0.39, 0.29) is 12.1 Å². The fraction of sp³-hybridized carbons (Fsp3) is 0.812. The average Bonchev–Trinajstić information content (AvgIpc) is 2.32. The van der Waals surface area contributed by atoms with Gasteiger partial charge in [0.15, 0.2) is 0 Å². The van der Waals surface area contributed by atoms with Crippen LogP contribution in [0.15, 0.2) is 12.7 Å². The molecule has 1 heterocycles. The molecule has 0 bridgehead atoms. The molecule has 1 saturated heterocycles. The number of carbonyl (C=O) groups excluding carboxylic acids is 1. The molecule has 1 atom stereocenters. The molecule has 1 aliphatic carbocycles. The predicted octanol–water partition coefficient (Wildman–Crippen LogP) is 3.37. The van der Waals surface area contributed by atoms with Crippen LogP contribution in [0.4, 0.5) is 4.79 Å². The van der Waals surface area contributed by atoms with E-state index in [0.717, 1.165) is 32.2 Å². The molecule has 0 radical (unpaired) electrons. The smallest absolute Gasteiger partial charge is 0.410 e. The van der Waals surface area contributed by atoms with Gasteiger partial charge in [0.05, 0.1) is 12.1 Å². The normalized spacial score (nSPS) is 33.7. The van der Waals surface area contributed by atoms with Crippen molar-refractivity contribution in [2.45, 2.75) is 64.2 Å². The molecule has 0 aromatic rings. The summed E-state index contributed by atoms with van der Waals surface area (Å²) < 4.78 is 10.9. The largest absolute Gasteiger partial charge is 0.444 e. The summed E-state index contributed by atoms with van der Waals surface area (Å²) >= 11 is 0. The Balaban J connectivity index is 1.97. The number of hydrogen-bond acceptors (Lipinski definition) is 3. The molecule has 114 valence electrons. The zero-order valence-corrected chi connectivity index (χ0v) is 13.1. The first-order chi connectivity index (χ1) is 9.28. The Labute approximate surface area is 122 Å². The number of methoxy groups -OCH3 is 1. The van der Waals surface area contributed by atoms with Crippen molar-refractivity contribution in [3.05, 3.63) is 12.7 Å². The van der Waals surface area contributed by atoms with Gasteiger partial charge in [-0.15, -0.1) is 6.58 Å². The van der Waals surface area contributed by atoms with Crippen LogP contribution in [-0.2, 0) is 9.47 Å². The Bertz CT molecular complexity index is 380. The summed E-state index contributed by atoms with van der Waals surface area (Å²) in [6, 6.07) is 0.0800. The standard InChI is InChI=1S/C16H27NO3/c1-6-12-9-16(10-13(11-16)19-5)7-8-17(12)14(18)20-15(2,3)4/h6,12-13H,1,7-11H2,2-5H3. The van der Waals surface area contributed by atoms with Gasteiger partial charge in [-0.2, -0.15) is 0 Å². The second-order valence-corrected chi connectivity index (χ2v) is 7.20. The second-order valence-electron chi connectivity index (χ2n) is 7.20. The Morgan fingerprint density at radius 2 is 2.00 bits per heavy atom. The van der Waals surface area contributed by atoms with Crippen LogP contribution >= 0.6 is 0 Å². The third-order valence-corrected chi connectivity index (χ3v) is 4.48. The van der Waals surface area contributed by atoms with Gasteiger partial charge >= 0.3 is 6.09 Å².